The van der Waals surface area contributed by atoms with E-state index in [0.717, 1.165) is 0 Å². The van der Waals surface area contributed by atoms with Crippen molar-refractivity contribution in [3.63, 3.8) is 0 Å². The van der Waals surface area contributed by atoms with Gasteiger partial charge in [0.25, 0.3) is 0 Å². The Morgan fingerprint density at radius 1 is 0.903 bits per heavy atom. The van der Waals surface area contributed by atoms with Crippen molar-refractivity contribution in [2.45, 2.75) is 85.0 Å². The van der Waals surface area contributed by atoms with E-state index < -0.39 is 0 Å². The van der Waals surface area contributed by atoms with Crippen LogP contribution in [0.4, 0.5) is 0 Å². The summed E-state index contributed by atoms with van der Waals surface area (Å²) in [6.07, 6.45) is 3.88. The van der Waals surface area contributed by atoms with Crippen LogP contribution >= 0.6 is 7.92 Å². The van der Waals surface area contributed by atoms with E-state index >= 15 is 0 Å². The Hall–Kier alpha value is 0.0731. The van der Waals surface area contributed by atoms with Gasteiger partial charge >= 0.3 is 26.2 Å². The van der Waals surface area contributed by atoms with Crippen LogP contribution in [0.25, 0.3) is 10.8 Å². The Bertz CT molecular complexity index is 818. The Morgan fingerprint density at radius 2 is 1.48 bits per heavy atom. The average Bonchev–Trinajstić information content (AvgIpc) is 3.16. The van der Waals surface area contributed by atoms with Crippen molar-refractivity contribution >= 4 is 24.0 Å². The third-order valence-corrected chi connectivity index (χ3v) is 8.61. The number of hydrogen-bond donors (Lipinski definition) is 0. The molecule has 0 nitrogen and oxygen atoms in total. The molecule has 3 aromatic rings. The van der Waals surface area contributed by atoms with Gasteiger partial charge in [0, 0.05) is 0 Å². The minimum atomic E-state index is -0.185. The van der Waals surface area contributed by atoms with Crippen molar-refractivity contribution in [3.05, 3.63) is 65.7 Å². The molecule has 0 atom stereocenters. The summed E-state index contributed by atoms with van der Waals surface area (Å²) in [6, 6.07) is 20.0. The van der Waals surface area contributed by atoms with Gasteiger partial charge in [-0.2, -0.15) is 23.3 Å². The molecule has 0 aliphatic heterocycles. The van der Waals surface area contributed by atoms with Crippen LogP contribution in [0, 0.1) is 6.92 Å². The zero-order valence-corrected chi connectivity index (χ0v) is 25.4. The summed E-state index contributed by atoms with van der Waals surface area (Å²) in [6.45, 7) is 18.7. The van der Waals surface area contributed by atoms with Crippen LogP contribution in [0.5, 0.6) is 0 Å². The van der Waals surface area contributed by atoms with Crippen molar-refractivity contribution in [2.24, 2.45) is 0 Å². The van der Waals surface area contributed by atoms with Crippen LogP contribution in [0.1, 0.15) is 72.4 Å². The van der Waals surface area contributed by atoms with Crippen LogP contribution in [-0.4, -0.2) is 10.3 Å². The van der Waals surface area contributed by atoms with Gasteiger partial charge in [-0.05, 0) is 10.3 Å². The number of aryl methyl sites for hydroxylation is 2. The number of fused-ring (bicyclic) bond motifs is 1. The molecule has 31 heavy (non-hydrogen) atoms. The van der Waals surface area contributed by atoms with Gasteiger partial charge in [-0.25, -0.2) is 12.1 Å². The van der Waals surface area contributed by atoms with Gasteiger partial charge in [-0.3, -0.25) is 0 Å². The molecule has 0 N–H and O–H groups in total. The SMILES string of the molecule is CC(C)(C)P(c1cc2ccccc2[cH-]1)C(C)(C)C.CCCC[c-]1cccc1C.[Cl-].[Cl-].[Zr+4]. The Labute approximate surface area is 224 Å². The van der Waals surface area contributed by atoms with Gasteiger partial charge in [0.2, 0.25) is 0 Å². The Balaban J connectivity index is 0. The summed E-state index contributed by atoms with van der Waals surface area (Å²) in [7, 11) is -0.185. The molecular weight excluding hydrogens is 517 g/mol. The quantitative estimate of drug-likeness (QED) is 0.342. The number of unbranched alkanes of at least 4 members (excludes halogenated alkanes) is 1. The van der Waals surface area contributed by atoms with Crippen LogP contribution < -0.4 is 30.1 Å². The zero-order valence-electron chi connectivity index (χ0n) is 20.5. The van der Waals surface area contributed by atoms with Crippen LogP contribution in [0.2, 0.25) is 0 Å². The standard InChI is InChI=1S/C17H24P.C10H15.2ClH.Zr/c1-16(2,3)18(17(4,5)6)15-11-13-9-7-8-10-14(13)12-15;1-3-4-7-10-8-5-6-9(10)2;;;/h7-12H,1-6H3;5-6,8H,3-4,7H2,1-2H3;2*1H;/q2*-1;;;+4/p-2. The zero-order chi connectivity index (χ0) is 20.9. The predicted molar refractivity (Wildman–Crippen MR) is 131 cm³/mol. The molecule has 0 heterocycles. The second-order valence-electron chi connectivity index (χ2n) is 9.86. The van der Waals surface area contributed by atoms with Gasteiger partial charge in [-0.15, -0.1) is 40.3 Å². The topological polar surface area (TPSA) is 0 Å². The van der Waals surface area contributed by atoms with Gasteiger partial charge in [0.1, 0.15) is 0 Å². The second kappa shape index (κ2) is 14.4. The molecule has 0 unspecified atom stereocenters. The summed E-state index contributed by atoms with van der Waals surface area (Å²) < 4.78 is 0. The van der Waals surface area contributed by atoms with E-state index in [-0.39, 0.29) is 58.9 Å². The monoisotopic (exact) mass is 554 g/mol. The van der Waals surface area contributed by atoms with Gasteiger partial charge < -0.3 is 24.8 Å². The molecule has 3 aromatic carbocycles. The van der Waals surface area contributed by atoms with Crippen LogP contribution in [0.3, 0.4) is 0 Å². The van der Waals surface area contributed by atoms with E-state index in [4.69, 9.17) is 0 Å². The molecule has 3 rings (SSSR count). The summed E-state index contributed by atoms with van der Waals surface area (Å²) in [5, 5.41) is 5.00. The van der Waals surface area contributed by atoms with Crippen LogP contribution in [-0.2, 0) is 32.6 Å². The number of rotatable bonds is 4. The molecule has 0 aliphatic carbocycles. The third-order valence-electron chi connectivity index (χ3n) is 5.15. The number of hydrogen-bond acceptors (Lipinski definition) is 0. The van der Waals surface area contributed by atoms with E-state index in [0.29, 0.717) is 10.3 Å². The van der Waals surface area contributed by atoms with Crippen molar-refractivity contribution < 1.29 is 51.0 Å². The van der Waals surface area contributed by atoms with E-state index in [1.54, 1.807) is 5.30 Å². The largest absolute Gasteiger partial charge is 4.00 e. The maximum atomic E-state index is 2.40. The van der Waals surface area contributed by atoms with Crippen molar-refractivity contribution in [2.75, 3.05) is 0 Å². The Kier molecular flexibility index (Phi) is 15.4. The first-order valence-electron chi connectivity index (χ1n) is 10.7. The molecule has 4 heteroatoms. The minimum absolute atomic E-state index is 0. The third kappa shape index (κ3) is 9.84. The predicted octanol–water partition coefficient (Wildman–Crippen LogP) is 2.32. The minimum Gasteiger partial charge on any atom is -1.00 e. The van der Waals surface area contributed by atoms with E-state index in [2.05, 4.69) is 110 Å². The first-order valence-corrected chi connectivity index (χ1v) is 12.0. The Morgan fingerprint density at radius 3 is 1.94 bits per heavy atom. The molecule has 0 aromatic heterocycles. The first-order chi connectivity index (χ1) is 13.0. The molecule has 0 amide bonds. The maximum absolute atomic E-state index is 2.40. The van der Waals surface area contributed by atoms with Crippen molar-refractivity contribution in [1.82, 2.24) is 0 Å². The second-order valence-corrected chi connectivity index (χ2v) is 13.7. The molecule has 0 saturated carbocycles. The van der Waals surface area contributed by atoms with Crippen molar-refractivity contribution in [3.8, 4) is 0 Å². The fourth-order valence-electron chi connectivity index (χ4n) is 4.24. The van der Waals surface area contributed by atoms with Crippen molar-refractivity contribution in [1.29, 1.82) is 0 Å². The summed E-state index contributed by atoms with van der Waals surface area (Å²) >= 11 is 0. The molecule has 0 saturated heterocycles. The van der Waals surface area contributed by atoms with Gasteiger partial charge in [0.05, 0.1) is 0 Å². The molecule has 0 radical (unpaired) electrons. The molecule has 0 aliphatic rings. The number of halogens is 2. The molecule has 0 spiro atoms. The molecular formula is C27H39Cl2PZr. The van der Waals surface area contributed by atoms with E-state index in [1.165, 1.54) is 41.2 Å². The van der Waals surface area contributed by atoms with Gasteiger partial charge in [-0.1, -0.05) is 88.6 Å². The van der Waals surface area contributed by atoms with E-state index in [1.807, 2.05) is 0 Å². The first kappa shape index (κ1) is 33.2. The fourth-order valence-corrected chi connectivity index (χ4v) is 8.34. The average molecular weight is 557 g/mol. The van der Waals surface area contributed by atoms with Gasteiger partial charge in [0.15, 0.2) is 0 Å². The molecule has 0 bridgehead atoms. The van der Waals surface area contributed by atoms with Crippen LogP contribution in [0.15, 0.2) is 54.6 Å². The molecule has 170 valence electrons. The summed E-state index contributed by atoms with van der Waals surface area (Å²) in [5.74, 6) is 0. The smallest absolute Gasteiger partial charge is 1.00 e. The fraction of sp³-hybridized carbons (Fsp3) is 0.481. The number of benzene rings is 1. The maximum Gasteiger partial charge on any atom is 4.00 e. The normalized spacial score (nSPS) is 11.1. The summed E-state index contributed by atoms with van der Waals surface area (Å²) in [5.41, 5.74) is 2.98. The summed E-state index contributed by atoms with van der Waals surface area (Å²) in [4.78, 5) is 0. The molecule has 0 fully saturated rings. The van der Waals surface area contributed by atoms with E-state index in [9.17, 15) is 0 Å².